The van der Waals surface area contributed by atoms with Gasteiger partial charge in [-0.15, -0.1) is 0 Å². The molecule has 0 saturated heterocycles. The van der Waals surface area contributed by atoms with Crippen molar-refractivity contribution in [3.8, 4) is 27.9 Å². The number of fused-ring (bicyclic) bond motifs is 4. The van der Waals surface area contributed by atoms with Crippen LogP contribution in [-0.4, -0.2) is 25.5 Å². The second-order valence-electron chi connectivity index (χ2n) is 10.2. The molecule has 7 nitrogen and oxygen atoms in total. The minimum absolute atomic E-state index is 0.146. The van der Waals surface area contributed by atoms with E-state index in [-0.39, 0.29) is 11.3 Å². The fraction of sp³-hybridized carbons (Fsp3) is 0.161. The van der Waals surface area contributed by atoms with Crippen molar-refractivity contribution in [3.05, 3.63) is 111 Å². The molecule has 38 heavy (non-hydrogen) atoms. The highest BCUT2D eigenvalue weighted by molar-refractivity contribution is 6.00. The molecule has 0 saturated carbocycles. The standard InChI is InChI=1S/C31H26N4O3/c1-17-20(8-6-10-26(17)35-16-34-25-9-5-4-7-22(25)30(35)37)24-15-33-28(29(32)36)23-14-18-13-19(31(2,3)38)11-12-21(18)27(23)24/h4-13,15-16,38H,14H2,1-3H3,(H2,32,36). The van der Waals surface area contributed by atoms with Crippen molar-refractivity contribution in [2.24, 2.45) is 5.73 Å². The zero-order valence-electron chi connectivity index (χ0n) is 21.3. The Morgan fingerprint density at radius 1 is 1.00 bits per heavy atom. The third kappa shape index (κ3) is 3.63. The number of rotatable bonds is 4. The Kier molecular flexibility index (Phi) is 5.29. The molecule has 0 spiro atoms. The first kappa shape index (κ1) is 23.8. The lowest BCUT2D eigenvalue weighted by molar-refractivity contribution is 0.0785. The van der Waals surface area contributed by atoms with E-state index in [9.17, 15) is 14.7 Å². The normalized spacial score (nSPS) is 12.4. The van der Waals surface area contributed by atoms with Gasteiger partial charge in [0.25, 0.3) is 11.5 Å². The second kappa shape index (κ2) is 8.46. The number of primary amides is 1. The van der Waals surface area contributed by atoms with Gasteiger partial charge in [-0.25, -0.2) is 4.98 Å². The molecule has 0 bridgehead atoms. The fourth-order valence-electron chi connectivity index (χ4n) is 5.42. The van der Waals surface area contributed by atoms with Crippen molar-refractivity contribution in [1.29, 1.82) is 0 Å². The van der Waals surface area contributed by atoms with E-state index in [4.69, 9.17) is 5.73 Å². The number of para-hydroxylation sites is 1. The van der Waals surface area contributed by atoms with E-state index < -0.39 is 11.5 Å². The smallest absolute Gasteiger partial charge is 0.267 e. The summed E-state index contributed by atoms with van der Waals surface area (Å²) in [4.78, 5) is 34.6. The maximum atomic E-state index is 13.4. The molecule has 3 aromatic carbocycles. The van der Waals surface area contributed by atoms with Crippen molar-refractivity contribution >= 4 is 16.8 Å². The van der Waals surface area contributed by atoms with Crippen molar-refractivity contribution in [2.75, 3.05) is 0 Å². The van der Waals surface area contributed by atoms with Gasteiger partial charge in [0.05, 0.1) is 22.2 Å². The molecule has 0 radical (unpaired) electrons. The highest BCUT2D eigenvalue weighted by atomic mass is 16.3. The molecule has 188 valence electrons. The van der Waals surface area contributed by atoms with Crippen LogP contribution in [0.3, 0.4) is 0 Å². The molecule has 6 rings (SSSR count). The van der Waals surface area contributed by atoms with Gasteiger partial charge in [-0.3, -0.25) is 19.1 Å². The molecular formula is C31H26N4O3. The number of nitrogens with zero attached hydrogens (tertiary/aromatic N) is 3. The third-order valence-corrected chi connectivity index (χ3v) is 7.38. The summed E-state index contributed by atoms with van der Waals surface area (Å²) in [6, 6.07) is 18.9. The number of carbonyl (C=O) groups is 1. The lowest BCUT2D eigenvalue weighted by Crippen LogP contribution is -2.19. The summed E-state index contributed by atoms with van der Waals surface area (Å²) in [5.74, 6) is -0.581. The Balaban J connectivity index is 1.58. The predicted octanol–water partition coefficient (Wildman–Crippen LogP) is 4.65. The van der Waals surface area contributed by atoms with E-state index in [0.717, 1.165) is 44.5 Å². The van der Waals surface area contributed by atoms with Crippen molar-refractivity contribution in [2.45, 2.75) is 32.8 Å². The first-order valence-electron chi connectivity index (χ1n) is 12.4. The van der Waals surface area contributed by atoms with E-state index >= 15 is 0 Å². The minimum Gasteiger partial charge on any atom is -0.386 e. The molecule has 2 aromatic heterocycles. The summed E-state index contributed by atoms with van der Waals surface area (Å²) in [7, 11) is 0. The van der Waals surface area contributed by atoms with Gasteiger partial charge < -0.3 is 10.8 Å². The lowest BCUT2D eigenvalue weighted by atomic mass is 9.90. The molecule has 1 aliphatic carbocycles. The molecule has 3 N–H and O–H groups in total. The average molecular weight is 503 g/mol. The van der Waals surface area contributed by atoms with E-state index in [1.54, 1.807) is 37.0 Å². The average Bonchev–Trinajstić information content (AvgIpc) is 3.27. The summed E-state index contributed by atoms with van der Waals surface area (Å²) >= 11 is 0. The number of carbonyl (C=O) groups excluding carboxylic acids is 1. The zero-order chi connectivity index (χ0) is 26.8. The molecular weight excluding hydrogens is 476 g/mol. The molecule has 0 fully saturated rings. The quantitative estimate of drug-likeness (QED) is 0.364. The van der Waals surface area contributed by atoms with Crippen LogP contribution in [0.4, 0.5) is 0 Å². The zero-order valence-corrected chi connectivity index (χ0v) is 21.3. The number of aromatic nitrogens is 3. The van der Waals surface area contributed by atoms with Gasteiger partial charge in [-0.2, -0.15) is 0 Å². The predicted molar refractivity (Wildman–Crippen MR) is 147 cm³/mol. The molecule has 5 aromatic rings. The van der Waals surface area contributed by atoms with Gasteiger partial charge in [-0.1, -0.05) is 42.5 Å². The highest BCUT2D eigenvalue weighted by Gasteiger charge is 2.30. The summed E-state index contributed by atoms with van der Waals surface area (Å²) < 4.78 is 1.57. The topological polar surface area (TPSA) is 111 Å². The van der Waals surface area contributed by atoms with Crippen molar-refractivity contribution in [3.63, 3.8) is 0 Å². The summed E-state index contributed by atoms with van der Waals surface area (Å²) in [6.07, 6.45) is 3.73. The third-order valence-electron chi connectivity index (χ3n) is 7.38. The van der Waals surface area contributed by atoms with Gasteiger partial charge in [-0.05, 0) is 77.9 Å². The molecule has 1 amide bonds. The van der Waals surface area contributed by atoms with Gasteiger partial charge in [0, 0.05) is 18.2 Å². The number of pyridine rings is 1. The molecule has 0 aliphatic heterocycles. The number of hydrogen-bond donors (Lipinski definition) is 2. The number of aliphatic hydroxyl groups is 1. The molecule has 0 unspecified atom stereocenters. The summed E-state index contributed by atoms with van der Waals surface area (Å²) in [5, 5.41) is 11.1. The van der Waals surface area contributed by atoms with Crippen molar-refractivity contribution < 1.29 is 9.90 Å². The number of nitrogens with two attached hydrogens (primary N) is 1. The Hall–Kier alpha value is -4.62. The van der Waals surface area contributed by atoms with E-state index in [1.807, 2.05) is 61.5 Å². The molecule has 7 heteroatoms. The Labute approximate surface area is 219 Å². The van der Waals surface area contributed by atoms with Crippen LogP contribution in [0.5, 0.6) is 0 Å². The first-order valence-corrected chi connectivity index (χ1v) is 12.4. The van der Waals surface area contributed by atoms with Crippen LogP contribution in [0.25, 0.3) is 38.8 Å². The maximum absolute atomic E-state index is 13.4. The van der Waals surface area contributed by atoms with Gasteiger partial charge in [0.2, 0.25) is 0 Å². The lowest BCUT2D eigenvalue weighted by Gasteiger charge is -2.19. The van der Waals surface area contributed by atoms with Gasteiger partial charge in [0.15, 0.2) is 0 Å². The SMILES string of the molecule is Cc1c(-c2cnc(C(N)=O)c3c2-c2ccc(C(C)(C)O)cc2C3)cccc1-n1cnc2ccccc2c1=O. The van der Waals surface area contributed by atoms with Crippen LogP contribution in [0, 0.1) is 6.92 Å². The Bertz CT molecular complexity index is 1850. The van der Waals surface area contributed by atoms with Gasteiger partial charge >= 0.3 is 0 Å². The molecule has 1 aliphatic rings. The first-order chi connectivity index (χ1) is 18.1. The Morgan fingerprint density at radius 3 is 2.55 bits per heavy atom. The van der Waals surface area contributed by atoms with E-state index in [2.05, 4.69) is 9.97 Å². The second-order valence-corrected chi connectivity index (χ2v) is 10.2. The van der Waals surface area contributed by atoms with Crippen LogP contribution in [0.2, 0.25) is 0 Å². The maximum Gasteiger partial charge on any atom is 0.267 e. The fourth-order valence-corrected chi connectivity index (χ4v) is 5.42. The Morgan fingerprint density at radius 2 is 1.79 bits per heavy atom. The van der Waals surface area contributed by atoms with Crippen LogP contribution < -0.4 is 11.3 Å². The van der Waals surface area contributed by atoms with E-state index in [0.29, 0.717) is 23.0 Å². The number of hydrogen-bond acceptors (Lipinski definition) is 5. The number of amides is 1. The highest BCUT2D eigenvalue weighted by Crippen LogP contribution is 2.45. The molecule has 2 heterocycles. The van der Waals surface area contributed by atoms with Crippen molar-refractivity contribution in [1.82, 2.24) is 14.5 Å². The number of benzene rings is 3. The largest absolute Gasteiger partial charge is 0.386 e. The van der Waals surface area contributed by atoms with Crippen LogP contribution in [0.1, 0.15) is 46.6 Å². The monoisotopic (exact) mass is 502 g/mol. The van der Waals surface area contributed by atoms with Gasteiger partial charge in [0.1, 0.15) is 12.0 Å². The summed E-state index contributed by atoms with van der Waals surface area (Å²) in [6.45, 7) is 5.46. The van der Waals surface area contributed by atoms with E-state index in [1.165, 1.54) is 0 Å². The summed E-state index contributed by atoms with van der Waals surface area (Å²) in [5.41, 5.74) is 13.2. The molecule has 0 atom stereocenters. The van der Waals surface area contributed by atoms with Crippen LogP contribution in [-0.2, 0) is 12.0 Å². The van der Waals surface area contributed by atoms with Crippen LogP contribution >= 0.6 is 0 Å². The van der Waals surface area contributed by atoms with Crippen LogP contribution in [0.15, 0.2) is 78.0 Å². The minimum atomic E-state index is -0.997.